The van der Waals surface area contributed by atoms with Crippen molar-refractivity contribution in [3.05, 3.63) is 74.2 Å². The van der Waals surface area contributed by atoms with E-state index < -0.39 is 42.1 Å². The van der Waals surface area contributed by atoms with Crippen LogP contribution in [0.3, 0.4) is 0 Å². The number of benzene rings is 2. The van der Waals surface area contributed by atoms with E-state index in [2.05, 4.69) is 10.3 Å². The molecule has 258 valence electrons. The van der Waals surface area contributed by atoms with Crippen LogP contribution in [-0.2, 0) is 25.4 Å². The van der Waals surface area contributed by atoms with Gasteiger partial charge in [-0.05, 0) is 55.2 Å². The van der Waals surface area contributed by atoms with Crippen LogP contribution in [0.25, 0.3) is 0 Å². The summed E-state index contributed by atoms with van der Waals surface area (Å²) in [5, 5.41) is 11.8. The van der Waals surface area contributed by atoms with Crippen LogP contribution in [0.5, 0.6) is 5.75 Å². The normalized spacial score (nSPS) is 26.8. The first kappa shape index (κ1) is 33.4. The van der Waals surface area contributed by atoms with Gasteiger partial charge >= 0.3 is 17.0 Å². The van der Waals surface area contributed by atoms with Gasteiger partial charge in [0.25, 0.3) is 5.91 Å². The van der Waals surface area contributed by atoms with Crippen LogP contribution in [-0.4, -0.2) is 57.1 Å². The van der Waals surface area contributed by atoms with Gasteiger partial charge in [-0.3, -0.25) is 28.9 Å². The summed E-state index contributed by atoms with van der Waals surface area (Å²) in [4.78, 5) is 68.7. The molecule has 6 unspecified atom stereocenters. The van der Waals surface area contributed by atoms with Crippen LogP contribution in [0.15, 0.2) is 58.4 Å². The maximum Gasteiger partial charge on any atom is 0.418 e. The summed E-state index contributed by atoms with van der Waals surface area (Å²) in [6.45, 7) is -0.317. The lowest BCUT2D eigenvalue weighted by Gasteiger charge is -2.43. The minimum Gasteiger partial charge on any atom is -0.483 e. The summed E-state index contributed by atoms with van der Waals surface area (Å²) < 4.78 is 46.4. The van der Waals surface area contributed by atoms with E-state index in [0.717, 1.165) is 22.3 Å². The molecule has 2 aromatic carbocycles. The number of imide groups is 1. The minimum atomic E-state index is -4.66. The molecule has 0 radical (unpaired) electrons. The van der Waals surface area contributed by atoms with Gasteiger partial charge in [0, 0.05) is 34.6 Å². The molecule has 2 bridgehead atoms. The number of thiazole rings is 1. The highest BCUT2D eigenvalue weighted by Crippen LogP contribution is 2.69. The zero-order chi connectivity index (χ0) is 34.6. The highest BCUT2D eigenvalue weighted by molar-refractivity contribution is 8.00. The molecule has 4 aliphatic rings. The van der Waals surface area contributed by atoms with E-state index >= 15 is 0 Å². The number of hydrogen-bond donors (Lipinski definition) is 3. The van der Waals surface area contributed by atoms with Crippen molar-refractivity contribution >= 4 is 52.5 Å². The second-order valence-electron chi connectivity index (χ2n) is 12.9. The van der Waals surface area contributed by atoms with Gasteiger partial charge in [0.2, 0.25) is 11.8 Å². The number of halogens is 3. The Hall–Kier alpha value is -4.11. The number of hydrogen-bond acceptors (Lipinski definition) is 8. The van der Waals surface area contributed by atoms with Crippen LogP contribution in [0.2, 0.25) is 0 Å². The SMILES string of the molecule is O=C(O)CCCCCN1C(=O)C2C3CC(C2C1=O)C1C3Sc2[nH]c(=O)sc2[C@@H]1c1ccccc1OCC(=O)Nc1ccccc1C(F)(F)F. The number of amides is 3. The van der Waals surface area contributed by atoms with Gasteiger partial charge in [0.05, 0.1) is 28.1 Å². The summed E-state index contributed by atoms with van der Waals surface area (Å²) in [5.41, 5.74) is -0.669. The molecule has 1 aromatic heterocycles. The van der Waals surface area contributed by atoms with Crippen molar-refractivity contribution in [3.8, 4) is 5.75 Å². The number of unbranched alkanes of at least 4 members (excludes halogenated alkanes) is 2. The van der Waals surface area contributed by atoms with Gasteiger partial charge in [-0.2, -0.15) is 13.2 Å². The van der Waals surface area contributed by atoms with Gasteiger partial charge in [0.15, 0.2) is 6.61 Å². The van der Waals surface area contributed by atoms with E-state index in [4.69, 9.17) is 9.84 Å². The lowest BCUT2D eigenvalue weighted by atomic mass is 9.68. The number of likely N-dealkylation sites (tertiary alicyclic amines) is 1. The fraction of sp³-hybridized carbons (Fsp3) is 0.441. The Morgan fingerprint density at radius 2 is 1.69 bits per heavy atom. The number of carboxylic acids is 1. The highest BCUT2D eigenvalue weighted by atomic mass is 32.2. The van der Waals surface area contributed by atoms with Crippen LogP contribution in [0, 0.1) is 29.6 Å². The smallest absolute Gasteiger partial charge is 0.418 e. The van der Waals surface area contributed by atoms with Crippen molar-refractivity contribution in [1.82, 2.24) is 9.88 Å². The number of ether oxygens (including phenoxy) is 1. The molecule has 7 atom stereocenters. The third kappa shape index (κ3) is 6.04. The Bertz CT molecular complexity index is 1880. The van der Waals surface area contributed by atoms with E-state index in [1.165, 1.54) is 34.9 Å². The van der Waals surface area contributed by atoms with Crippen molar-refractivity contribution in [3.63, 3.8) is 0 Å². The summed E-state index contributed by atoms with van der Waals surface area (Å²) >= 11 is 2.62. The van der Waals surface area contributed by atoms with Gasteiger partial charge in [-0.15, -0.1) is 11.8 Å². The van der Waals surface area contributed by atoms with Gasteiger partial charge in [-0.1, -0.05) is 48.1 Å². The monoisotopic (exact) mass is 715 g/mol. The lowest BCUT2D eigenvalue weighted by Crippen LogP contribution is -2.42. The van der Waals surface area contributed by atoms with Crippen LogP contribution in [0.4, 0.5) is 18.9 Å². The van der Waals surface area contributed by atoms with Crippen molar-refractivity contribution < 1.29 is 42.2 Å². The third-order valence-electron chi connectivity index (χ3n) is 10.2. The van der Waals surface area contributed by atoms with Gasteiger partial charge in [0.1, 0.15) is 5.75 Å². The summed E-state index contributed by atoms with van der Waals surface area (Å²) in [6, 6.07) is 11.7. The predicted molar refractivity (Wildman–Crippen MR) is 173 cm³/mol. The zero-order valence-electron chi connectivity index (χ0n) is 25.9. The fourth-order valence-electron chi connectivity index (χ4n) is 8.41. The molecule has 0 spiro atoms. The number of aliphatic carboxylic acids is 1. The van der Waals surface area contributed by atoms with E-state index in [9.17, 15) is 37.1 Å². The molecule has 3 fully saturated rings. The number of aromatic amines is 1. The molecule has 10 nitrogen and oxygen atoms in total. The van der Waals surface area contributed by atoms with E-state index in [1.54, 1.807) is 18.2 Å². The summed E-state index contributed by atoms with van der Waals surface area (Å²) in [5.74, 6) is -3.41. The highest BCUT2D eigenvalue weighted by Gasteiger charge is 2.69. The number of H-pyrrole nitrogens is 1. The van der Waals surface area contributed by atoms with Gasteiger partial charge in [-0.25, -0.2) is 0 Å². The molecular formula is C34H32F3N3O7S2. The predicted octanol–water partition coefficient (Wildman–Crippen LogP) is 5.59. The standard InChI is InChI=1S/C34H32F3N3O7S2/c35-34(36,37)19-9-4-5-10-20(19)38-22(41)15-47-21-11-6-3-8-16(21)24-25-17-14-18(28(25)48-30-29(24)49-33(46)39-30)27-26(17)31(44)40(32(27)45)13-7-1-2-12-23(42)43/h3-6,8-11,17-18,24-28H,1-2,7,12-15H2,(H,38,41)(H,39,46)(H,42,43)/t17?,18?,24-,25?,26?,27?,28?/m1/s1. The van der Waals surface area contributed by atoms with Crippen LogP contribution < -0.4 is 14.9 Å². The number of fused-ring (bicyclic) bond motifs is 9. The number of para-hydroxylation sites is 2. The number of alkyl halides is 3. The molecule has 49 heavy (non-hydrogen) atoms. The van der Waals surface area contributed by atoms with Crippen LogP contribution in [0.1, 0.15) is 54.0 Å². The number of rotatable bonds is 11. The molecule has 2 aliphatic heterocycles. The van der Waals surface area contributed by atoms with E-state index in [0.29, 0.717) is 42.0 Å². The second-order valence-corrected chi connectivity index (χ2v) is 15.1. The quantitative estimate of drug-likeness (QED) is 0.172. The maximum atomic E-state index is 13.8. The molecule has 3 aromatic rings. The number of carbonyl (C=O) groups is 4. The average Bonchev–Trinajstić information content (AvgIpc) is 3.79. The van der Waals surface area contributed by atoms with Crippen molar-refractivity contribution in [2.75, 3.05) is 18.5 Å². The topological polar surface area (TPSA) is 146 Å². The molecular weight excluding hydrogens is 684 g/mol. The number of aromatic nitrogens is 1. The Kier molecular flexibility index (Phi) is 8.84. The molecule has 7 rings (SSSR count). The Labute approximate surface area is 286 Å². The van der Waals surface area contributed by atoms with Crippen molar-refractivity contribution in [1.29, 1.82) is 0 Å². The molecule has 3 heterocycles. The molecule has 3 amide bonds. The summed E-state index contributed by atoms with van der Waals surface area (Å²) in [7, 11) is 0. The average molecular weight is 716 g/mol. The third-order valence-corrected chi connectivity index (χ3v) is 12.8. The first-order valence-electron chi connectivity index (χ1n) is 16.1. The minimum absolute atomic E-state index is 0.0351. The lowest BCUT2D eigenvalue weighted by molar-refractivity contribution is -0.141. The molecule has 1 saturated heterocycles. The van der Waals surface area contributed by atoms with Crippen molar-refractivity contribution in [2.45, 2.75) is 54.5 Å². The Morgan fingerprint density at radius 1 is 0.980 bits per heavy atom. The molecule has 15 heteroatoms. The first-order chi connectivity index (χ1) is 23.4. The maximum absolute atomic E-state index is 13.8. The Balaban J connectivity index is 1.13. The summed E-state index contributed by atoms with van der Waals surface area (Å²) in [6.07, 6.45) is -2.35. The largest absolute Gasteiger partial charge is 0.483 e. The first-order valence-corrected chi connectivity index (χ1v) is 17.8. The zero-order valence-corrected chi connectivity index (χ0v) is 27.5. The number of carboxylic acid groups (broad SMARTS) is 1. The van der Waals surface area contributed by atoms with E-state index in [1.807, 2.05) is 6.07 Å². The molecule has 2 saturated carbocycles. The van der Waals surface area contributed by atoms with Crippen LogP contribution >= 0.6 is 23.1 Å². The van der Waals surface area contributed by atoms with E-state index in [-0.39, 0.29) is 64.3 Å². The molecule has 2 aliphatic carbocycles. The van der Waals surface area contributed by atoms with Crippen molar-refractivity contribution in [2.24, 2.45) is 29.6 Å². The number of thioether (sulfide) groups is 1. The number of nitrogens with zero attached hydrogens (tertiary/aromatic N) is 1. The Morgan fingerprint density at radius 3 is 2.45 bits per heavy atom. The van der Waals surface area contributed by atoms with Gasteiger partial charge < -0.3 is 20.1 Å². The fourth-order valence-corrected chi connectivity index (χ4v) is 11.3. The number of anilines is 1. The number of carbonyl (C=O) groups excluding carboxylic acids is 3. The number of nitrogens with one attached hydrogen (secondary N) is 2. The molecule has 3 N–H and O–H groups in total. The second kappa shape index (κ2) is 13.0.